The van der Waals surface area contributed by atoms with Crippen LogP contribution in [0.1, 0.15) is 46.4 Å². The quantitative estimate of drug-likeness (QED) is 0.690. The summed E-state index contributed by atoms with van der Waals surface area (Å²) in [4.78, 5) is 54.4. The summed E-state index contributed by atoms with van der Waals surface area (Å²) in [5.41, 5.74) is 0.984. The number of carbonyl (C=O) groups excluding carboxylic acids is 4. The van der Waals surface area contributed by atoms with E-state index in [2.05, 4.69) is 0 Å². The summed E-state index contributed by atoms with van der Waals surface area (Å²) in [7, 11) is 0. The summed E-state index contributed by atoms with van der Waals surface area (Å²) in [6, 6.07) is 16.6. The average Bonchev–Trinajstić information content (AvgIpc) is 2.80. The van der Waals surface area contributed by atoms with Crippen LogP contribution >= 0.6 is 0 Å². The molecule has 0 radical (unpaired) electrons. The van der Waals surface area contributed by atoms with Gasteiger partial charge in [-0.2, -0.15) is 0 Å². The number of amides is 3. The van der Waals surface area contributed by atoms with Crippen LogP contribution in [0.2, 0.25) is 0 Å². The van der Waals surface area contributed by atoms with E-state index in [0.717, 1.165) is 17.7 Å². The fourth-order valence-electron chi connectivity index (χ4n) is 4.42. The number of Topliss-reactive ketones (excluding diaryl/α,β-unsaturated/α-hetero) is 2. The Balaban J connectivity index is 1.58. The highest BCUT2D eigenvalue weighted by Gasteiger charge is 2.47. The Morgan fingerprint density at radius 2 is 1.30 bits per heavy atom. The molecule has 1 heterocycles. The van der Waals surface area contributed by atoms with Crippen molar-refractivity contribution >= 4 is 23.5 Å². The molecule has 2 atom stereocenters. The van der Waals surface area contributed by atoms with Gasteiger partial charge in [0.15, 0.2) is 11.6 Å². The van der Waals surface area contributed by atoms with E-state index in [0.29, 0.717) is 24.0 Å². The number of benzene rings is 2. The van der Waals surface area contributed by atoms with Gasteiger partial charge in [0.2, 0.25) is 5.91 Å². The van der Waals surface area contributed by atoms with E-state index < -0.39 is 6.03 Å². The first-order valence-corrected chi connectivity index (χ1v) is 10.3. The molecule has 2 unspecified atom stereocenters. The third-order valence-corrected chi connectivity index (χ3v) is 6.00. The summed E-state index contributed by atoms with van der Waals surface area (Å²) in [6.07, 6.45) is 3.19. The largest absolute Gasteiger partial charge is 0.327 e. The molecular weight excluding hydrogens is 380 g/mol. The van der Waals surface area contributed by atoms with Gasteiger partial charge in [-0.15, -0.1) is 0 Å². The van der Waals surface area contributed by atoms with Gasteiger partial charge in [-0.3, -0.25) is 19.3 Å². The van der Waals surface area contributed by atoms with Crippen LogP contribution < -0.4 is 0 Å². The van der Waals surface area contributed by atoms with E-state index in [1.54, 1.807) is 54.6 Å². The molecule has 30 heavy (non-hydrogen) atoms. The van der Waals surface area contributed by atoms with Crippen molar-refractivity contribution in [3.63, 3.8) is 0 Å². The predicted octanol–water partition coefficient (Wildman–Crippen LogP) is 3.58. The van der Waals surface area contributed by atoms with Crippen LogP contribution in [0.25, 0.3) is 0 Å². The molecule has 6 nitrogen and oxygen atoms in total. The Labute approximate surface area is 175 Å². The molecule has 154 valence electrons. The smallest absolute Gasteiger partial charge is 0.313 e. The van der Waals surface area contributed by atoms with E-state index in [-0.39, 0.29) is 42.5 Å². The zero-order valence-corrected chi connectivity index (χ0v) is 16.7. The molecule has 1 saturated carbocycles. The second-order valence-corrected chi connectivity index (χ2v) is 7.87. The topological polar surface area (TPSA) is 74.8 Å². The molecule has 6 heteroatoms. The lowest BCUT2D eigenvalue weighted by atomic mass is 9.81. The molecule has 0 aromatic heterocycles. The lowest BCUT2D eigenvalue weighted by molar-refractivity contribution is -0.139. The van der Waals surface area contributed by atoms with Crippen molar-refractivity contribution in [3.05, 3.63) is 71.8 Å². The van der Waals surface area contributed by atoms with Gasteiger partial charge >= 0.3 is 6.03 Å². The minimum atomic E-state index is -0.545. The molecular formula is C24H24N2O4. The summed E-state index contributed by atoms with van der Waals surface area (Å²) < 4.78 is 0. The Morgan fingerprint density at radius 3 is 1.90 bits per heavy atom. The lowest BCUT2D eigenvalue weighted by Gasteiger charge is -2.46. The first-order chi connectivity index (χ1) is 14.6. The van der Waals surface area contributed by atoms with E-state index in [1.165, 1.54) is 4.90 Å². The molecule has 0 spiro atoms. The average molecular weight is 404 g/mol. The summed E-state index contributed by atoms with van der Waals surface area (Å²) in [5.74, 6) is -1.11. The monoisotopic (exact) mass is 404 g/mol. The van der Waals surface area contributed by atoms with Gasteiger partial charge in [-0.05, 0) is 12.8 Å². The van der Waals surface area contributed by atoms with Gasteiger partial charge in [-0.1, -0.05) is 73.5 Å². The standard InChI is InChI=1S/C24H24N2O4/c27-21(17-9-3-1-4-10-17)15-25-20-14-8-7-13-19(20)23(29)26(24(25)30)16-22(28)18-11-5-2-6-12-18/h1-6,9-12,19-20H,7-8,13-16H2. The second kappa shape index (κ2) is 8.61. The van der Waals surface area contributed by atoms with E-state index in [4.69, 9.17) is 0 Å². The summed E-state index contributed by atoms with van der Waals surface area (Å²) in [6.45, 7) is -0.395. The van der Waals surface area contributed by atoms with Crippen LogP contribution in [0.4, 0.5) is 4.79 Å². The van der Waals surface area contributed by atoms with Gasteiger partial charge in [0, 0.05) is 17.2 Å². The molecule has 1 aliphatic carbocycles. The zero-order valence-electron chi connectivity index (χ0n) is 16.7. The number of hydrogen-bond donors (Lipinski definition) is 0. The minimum Gasteiger partial charge on any atom is -0.313 e. The molecule has 2 aromatic carbocycles. The first-order valence-electron chi connectivity index (χ1n) is 10.3. The highest BCUT2D eigenvalue weighted by Crippen LogP contribution is 2.34. The maximum atomic E-state index is 13.3. The predicted molar refractivity (Wildman–Crippen MR) is 111 cm³/mol. The number of fused-ring (bicyclic) bond motifs is 1. The number of carbonyl (C=O) groups is 4. The van der Waals surface area contributed by atoms with Crippen molar-refractivity contribution in [1.82, 2.24) is 9.80 Å². The molecule has 1 saturated heterocycles. The Bertz CT molecular complexity index is 958. The van der Waals surface area contributed by atoms with Crippen molar-refractivity contribution < 1.29 is 19.2 Å². The van der Waals surface area contributed by atoms with Gasteiger partial charge in [0.1, 0.15) is 0 Å². The number of imide groups is 1. The van der Waals surface area contributed by atoms with Crippen molar-refractivity contribution in [1.29, 1.82) is 0 Å². The van der Waals surface area contributed by atoms with Crippen LogP contribution in [0.3, 0.4) is 0 Å². The lowest BCUT2D eigenvalue weighted by Crippen LogP contribution is -2.64. The number of ketones is 2. The third kappa shape index (κ3) is 3.90. The van der Waals surface area contributed by atoms with Crippen LogP contribution in [0, 0.1) is 5.92 Å². The number of rotatable bonds is 6. The van der Waals surface area contributed by atoms with Gasteiger partial charge in [0.25, 0.3) is 0 Å². The van der Waals surface area contributed by atoms with Crippen molar-refractivity contribution in [2.75, 3.05) is 13.1 Å². The summed E-state index contributed by atoms with van der Waals surface area (Å²) in [5, 5.41) is 0. The highest BCUT2D eigenvalue weighted by molar-refractivity contribution is 6.07. The van der Waals surface area contributed by atoms with Crippen LogP contribution in [0.5, 0.6) is 0 Å². The molecule has 1 aliphatic heterocycles. The van der Waals surface area contributed by atoms with Crippen molar-refractivity contribution in [2.24, 2.45) is 5.92 Å². The SMILES string of the molecule is O=C(CN1C(=O)C2CCCCC2N(CC(=O)c2ccccc2)C1=O)c1ccccc1. The Hall–Kier alpha value is -3.28. The van der Waals surface area contributed by atoms with Gasteiger partial charge in [0.05, 0.1) is 19.0 Å². The van der Waals surface area contributed by atoms with Gasteiger partial charge in [-0.25, -0.2) is 4.79 Å². The summed E-state index contributed by atoms with van der Waals surface area (Å²) >= 11 is 0. The number of urea groups is 1. The van der Waals surface area contributed by atoms with Gasteiger partial charge < -0.3 is 4.90 Å². The second-order valence-electron chi connectivity index (χ2n) is 7.87. The number of nitrogens with zero attached hydrogens (tertiary/aromatic N) is 2. The normalized spacial score (nSPS) is 21.3. The molecule has 0 N–H and O–H groups in total. The Kier molecular flexibility index (Phi) is 5.74. The zero-order chi connectivity index (χ0) is 21.1. The van der Waals surface area contributed by atoms with Crippen LogP contribution in [0.15, 0.2) is 60.7 Å². The van der Waals surface area contributed by atoms with Crippen LogP contribution in [-0.4, -0.2) is 52.4 Å². The molecule has 0 bridgehead atoms. The fraction of sp³-hybridized carbons (Fsp3) is 0.333. The maximum Gasteiger partial charge on any atom is 0.327 e. The maximum absolute atomic E-state index is 13.3. The highest BCUT2D eigenvalue weighted by atomic mass is 16.2. The van der Waals surface area contributed by atoms with Crippen molar-refractivity contribution in [2.45, 2.75) is 31.7 Å². The Morgan fingerprint density at radius 1 is 0.767 bits per heavy atom. The third-order valence-electron chi connectivity index (χ3n) is 6.00. The molecule has 2 fully saturated rings. The van der Waals surface area contributed by atoms with Crippen molar-refractivity contribution in [3.8, 4) is 0 Å². The molecule has 3 amide bonds. The minimum absolute atomic E-state index is 0.0900. The molecule has 2 aromatic rings. The fourth-order valence-corrected chi connectivity index (χ4v) is 4.42. The van der Waals surface area contributed by atoms with E-state index >= 15 is 0 Å². The molecule has 2 aliphatic rings. The molecule has 4 rings (SSSR count). The van der Waals surface area contributed by atoms with E-state index in [1.807, 2.05) is 6.07 Å². The number of hydrogen-bond acceptors (Lipinski definition) is 4. The van der Waals surface area contributed by atoms with E-state index in [9.17, 15) is 19.2 Å². The first kappa shape index (κ1) is 20.0. The van der Waals surface area contributed by atoms with Crippen LogP contribution in [-0.2, 0) is 4.79 Å².